The number of amides is 1. The molecular formula is C25H37N7O2. The van der Waals surface area contributed by atoms with Gasteiger partial charge in [0.2, 0.25) is 5.91 Å². The molecule has 2 aliphatic rings. The Kier molecular flexibility index (Phi) is 9.86. The monoisotopic (exact) mass is 467 g/mol. The average Bonchev–Trinajstić information content (AvgIpc) is 3.39. The molecule has 4 N–H and O–H groups in total. The van der Waals surface area contributed by atoms with Crippen LogP contribution < -0.4 is 5.32 Å². The van der Waals surface area contributed by atoms with Crippen molar-refractivity contribution >= 4 is 11.6 Å². The van der Waals surface area contributed by atoms with Crippen LogP contribution in [0.3, 0.4) is 0 Å². The highest BCUT2D eigenvalue weighted by atomic mass is 16.3. The highest BCUT2D eigenvalue weighted by molar-refractivity contribution is 5.97. The number of aliphatic hydroxyl groups is 1. The van der Waals surface area contributed by atoms with Gasteiger partial charge in [-0.2, -0.15) is 10.4 Å². The zero-order valence-electron chi connectivity index (χ0n) is 20.3. The smallest absolute Gasteiger partial charge is 0.242 e. The highest BCUT2D eigenvalue weighted by Crippen LogP contribution is 2.37. The number of fused-ring (bicyclic) bond motifs is 1. The maximum Gasteiger partial charge on any atom is 0.242 e. The lowest BCUT2D eigenvalue weighted by Crippen LogP contribution is -2.25. The van der Waals surface area contributed by atoms with Gasteiger partial charge in [-0.15, -0.1) is 0 Å². The molecule has 9 nitrogen and oxygen atoms in total. The highest BCUT2D eigenvalue weighted by Gasteiger charge is 2.36. The number of nitrogens with one attached hydrogen (secondary N) is 3. The van der Waals surface area contributed by atoms with E-state index in [1.165, 1.54) is 0 Å². The Morgan fingerprint density at radius 2 is 2.06 bits per heavy atom. The summed E-state index contributed by atoms with van der Waals surface area (Å²) in [7, 11) is 0. The van der Waals surface area contributed by atoms with E-state index in [9.17, 15) is 10.1 Å². The van der Waals surface area contributed by atoms with Crippen LogP contribution >= 0.6 is 0 Å². The Balaban J connectivity index is 0.000000350. The van der Waals surface area contributed by atoms with Crippen LogP contribution in [0, 0.1) is 23.2 Å². The van der Waals surface area contributed by atoms with Gasteiger partial charge in [-0.3, -0.25) is 9.89 Å². The van der Waals surface area contributed by atoms with Crippen LogP contribution in [0.4, 0.5) is 5.69 Å². The van der Waals surface area contributed by atoms with Crippen LogP contribution in [-0.4, -0.2) is 62.3 Å². The number of nitrogens with zero attached hydrogens (tertiary/aromatic N) is 4. The maximum atomic E-state index is 12.4. The first-order valence-corrected chi connectivity index (χ1v) is 12.4. The molecule has 0 radical (unpaired) electrons. The predicted octanol–water partition coefficient (Wildman–Crippen LogP) is 3.43. The molecule has 0 bridgehead atoms. The molecule has 2 aromatic heterocycles. The second kappa shape index (κ2) is 13.1. The minimum absolute atomic E-state index is 0.191. The zero-order valence-corrected chi connectivity index (χ0v) is 20.3. The van der Waals surface area contributed by atoms with E-state index in [1.807, 2.05) is 0 Å². The maximum absolute atomic E-state index is 12.4. The number of H-pyrrole nitrogens is 2. The summed E-state index contributed by atoms with van der Waals surface area (Å²) >= 11 is 0. The number of nitriles is 1. The summed E-state index contributed by atoms with van der Waals surface area (Å²) in [6.45, 7) is 7.36. The van der Waals surface area contributed by atoms with Crippen molar-refractivity contribution in [2.24, 2.45) is 11.8 Å². The molecule has 0 aliphatic heterocycles. The third-order valence-corrected chi connectivity index (χ3v) is 6.34. The molecule has 2 heterocycles. The molecule has 34 heavy (non-hydrogen) atoms. The van der Waals surface area contributed by atoms with Crippen molar-refractivity contribution in [3.8, 4) is 17.6 Å². The van der Waals surface area contributed by atoms with Crippen molar-refractivity contribution in [3.05, 3.63) is 29.7 Å². The van der Waals surface area contributed by atoms with Gasteiger partial charge in [-0.05, 0) is 64.0 Å². The van der Waals surface area contributed by atoms with Crippen molar-refractivity contribution in [1.29, 1.82) is 5.26 Å². The van der Waals surface area contributed by atoms with Crippen molar-refractivity contribution in [3.63, 3.8) is 0 Å². The molecule has 2 aliphatic carbocycles. The van der Waals surface area contributed by atoms with Crippen LogP contribution in [0.15, 0.2) is 18.3 Å². The van der Waals surface area contributed by atoms with E-state index in [4.69, 9.17) is 10.1 Å². The number of carbonyl (C=O) groups is 1. The summed E-state index contributed by atoms with van der Waals surface area (Å²) in [5.41, 5.74) is 3.45. The van der Waals surface area contributed by atoms with Crippen molar-refractivity contribution in [1.82, 2.24) is 25.1 Å². The summed E-state index contributed by atoms with van der Waals surface area (Å²) in [5, 5.41) is 27.5. The van der Waals surface area contributed by atoms with Crippen LogP contribution in [0.5, 0.6) is 0 Å². The molecule has 1 atom stereocenters. The number of allylic oxidation sites excluding steroid dienone is 2. The molecule has 184 valence electrons. The van der Waals surface area contributed by atoms with E-state index in [1.54, 1.807) is 6.20 Å². The Labute approximate surface area is 201 Å². The summed E-state index contributed by atoms with van der Waals surface area (Å²) in [4.78, 5) is 22.7. The second-order valence-corrected chi connectivity index (χ2v) is 8.76. The molecule has 0 aromatic carbocycles. The van der Waals surface area contributed by atoms with Crippen molar-refractivity contribution < 1.29 is 9.90 Å². The molecular weight excluding hydrogens is 430 g/mol. The number of aryl methyl sites for hydroxylation is 2. The fraction of sp³-hybridized carbons (Fsp3) is 0.600. The summed E-state index contributed by atoms with van der Waals surface area (Å²) in [5.74, 6) is 0.0253. The summed E-state index contributed by atoms with van der Waals surface area (Å²) in [6, 6.07) is 2.12. The first kappa shape index (κ1) is 25.7. The Bertz CT molecular complexity index is 980. The lowest BCUT2D eigenvalue weighted by molar-refractivity contribution is -0.118. The summed E-state index contributed by atoms with van der Waals surface area (Å²) in [6.07, 6.45) is 12.9. The van der Waals surface area contributed by atoms with Crippen molar-refractivity contribution in [2.75, 3.05) is 31.6 Å². The quantitative estimate of drug-likeness (QED) is 0.440. The minimum atomic E-state index is -0.592. The minimum Gasteiger partial charge on any atom is -0.395 e. The number of hydrogen-bond acceptors (Lipinski definition) is 6. The van der Waals surface area contributed by atoms with Gasteiger partial charge in [0.05, 0.1) is 30.3 Å². The van der Waals surface area contributed by atoms with Gasteiger partial charge in [-0.25, -0.2) is 4.98 Å². The average molecular weight is 468 g/mol. The molecule has 1 fully saturated rings. The van der Waals surface area contributed by atoms with Gasteiger partial charge in [0.15, 0.2) is 5.82 Å². The first-order chi connectivity index (χ1) is 16.6. The van der Waals surface area contributed by atoms with E-state index in [-0.39, 0.29) is 18.4 Å². The first-order valence-electron chi connectivity index (χ1n) is 12.4. The SMILES string of the molecule is CCN(CC)CCO.N#CC(C(=O)Nc1cn[nH]c1-c1nc2c([nH]1)CCC/C=C\CC2)C1CC1. The second-order valence-electron chi connectivity index (χ2n) is 8.76. The number of likely N-dealkylation sites (N-methyl/N-ethyl adjacent to an activating group) is 1. The third-order valence-electron chi connectivity index (χ3n) is 6.34. The number of rotatable bonds is 8. The molecule has 1 saturated carbocycles. The number of carbonyl (C=O) groups excluding carboxylic acids is 1. The number of imidazole rings is 1. The molecule has 0 spiro atoms. The molecule has 4 rings (SSSR count). The van der Waals surface area contributed by atoms with Gasteiger partial charge in [0.1, 0.15) is 11.6 Å². The Morgan fingerprint density at radius 3 is 2.71 bits per heavy atom. The van der Waals surface area contributed by atoms with Crippen molar-refractivity contribution in [2.45, 2.75) is 58.8 Å². The van der Waals surface area contributed by atoms with Gasteiger partial charge >= 0.3 is 0 Å². The Morgan fingerprint density at radius 1 is 1.29 bits per heavy atom. The van der Waals surface area contributed by atoms with Gasteiger partial charge in [-0.1, -0.05) is 26.0 Å². The third kappa shape index (κ3) is 7.02. The Hall–Kier alpha value is -2.96. The molecule has 1 unspecified atom stereocenters. The fourth-order valence-corrected chi connectivity index (χ4v) is 4.09. The fourth-order valence-electron chi connectivity index (χ4n) is 4.09. The number of anilines is 1. The van der Waals surface area contributed by atoms with Gasteiger partial charge in [0, 0.05) is 12.2 Å². The van der Waals surface area contributed by atoms with E-state index in [0.29, 0.717) is 17.2 Å². The largest absolute Gasteiger partial charge is 0.395 e. The molecule has 0 saturated heterocycles. The molecule has 9 heteroatoms. The number of aromatic amines is 2. The molecule has 2 aromatic rings. The lowest BCUT2D eigenvalue weighted by Gasteiger charge is -2.15. The number of aromatic nitrogens is 4. The van der Waals surface area contributed by atoms with Gasteiger partial charge < -0.3 is 20.3 Å². The topological polar surface area (TPSA) is 134 Å². The number of aliphatic hydroxyl groups excluding tert-OH is 1. The zero-order chi connectivity index (χ0) is 24.3. The summed E-state index contributed by atoms with van der Waals surface area (Å²) < 4.78 is 0. The predicted molar refractivity (Wildman–Crippen MR) is 132 cm³/mol. The van der Waals surface area contributed by atoms with E-state index >= 15 is 0 Å². The molecule has 1 amide bonds. The normalized spacial score (nSPS) is 17.3. The standard InChI is InChI=1S/C19H22N6O.C6H15NO/c20-10-13(12-8-9-12)19(26)24-16-11-21-25-17(16)18-22-14-6-4-2-1-3-5-7-15(14)23-18;1-3-7(4-2)5-6-8/h1-2,11-13H,3-9H2,(H,21,25)(H,22,23)(H,24,26);8H,3-6H2,1-2H3/b2-1-;. The van der Waals surface area contributed by atoms with Gasteiger partial charge in [0.25, 0.3) is 0 Å². The lowest BCUT2D eigenvalue weighted by atomic mass is 10.1. The van der Waals surface area contributed by atoms with Crippen LogP contribution in [0.25, 0.3) is 11.5 Å². The van der Waals surface area contributed by atoms with E-state index in [2.05, 4.69) is 57.5 Å². The van der Waals surface area contributed by atoms with Crippen LogP contribution in [0.1, 0.15) is 57.3 Å². The van der Waals surface area contributed by atoms with E-state index in [0.717, 1.165) is 76.0 Å². The van der Waals surface area contributed by atoms with Crippen LogP contribution in [0.2, 0.25) is 0 Å². The number of hydrogen-bond donors (Lipinski definition) is 4. The van der Waals surface area contributed by atoms with Crippen LogP contribution in [-0.2, 0) is 17.6 Å². The van der Waals surface area contributed by atoms with E-state index < -0.39 is 5.92 Å².